The first-order valence-corrected chi connectivity index (χ1v) is 13.1. The Labute approximate surface area is 240 Å². The van der Waals surface area contributed by atoms with Crippen LogP contribution in [0.25, 0.3) is 10.9 Å². The molecule has 41 heavy (non-hydrogen) atoms. The molecule has 0 radical (unpaired) electrons. The lowest BCUT2D eigenvalue weighted by Crippen LogP contribution is -2.40. The summed E-state index contributed by atoms with van der Waals surface area (Å²) in [4.78, 5) is 56.9. The largest absolute Gasteiger partial charge is 0.483 e. The molecule has 2 amide bonds. The summed E-state index contributed by atoms with van der Waals surface area (Å²) in [5, 5.41) is 25.8. The summed E-state index contributed by atoms with van der Waals surface area (Å²) in [5.74, 6) is -2.83. The topological polar surface area (TPSA) is 168 Å². The van der Waals surface area contributed by atoms with E-state index in [1.807, 2.05) is 0 Å². The van der Waals surface area contributed by atoms with Crippen LogP contribution in [-0.4, -0.2) is 68.7 Å². The molecule has 0 bridgehead atoms. The summed E-state index contributed by atoms with van der Waals surface area (Å²) >= 11 is 6.34. The zero-order valence-electron chi connectivity index (χ0n) is 23.4. The Hall–Kier alpha value is -4.52. The monoisotopic (exact) mass is 583 g/mol. The minimum absolute atomic E-state index is 0.0395. The van der Waals surface area contributed by atoms with Crippen molar-refractivity contribution in [3.63, 3.8) is 0 Å². The predicted molar refractivity (Wildman–Crippen MR) is 152 cm³/mol. The summed E-state index contributed by atoms with van der Waals surface area (Å²) in [7, 11) is 1.43. The second-order valence-electron chi connectivity index (χ2n) is 10.4. The van der Waals surface area contributed by atoms with Gasteiger partial charge in [-0.25, -0.2) is 9.99 Å². The van der Waals surface area contributed by atoms with Gasteiger partial charge in [-0.05, 0) is 58.4 Å². The summed E-state index contributed by atoms with van der Waals surface area (Å²) in [5.41, 5.74) is -1.19. The molecule has 4 rings (SSSR count). The van der Waals surface area contributed by atoms with Crippen molar-refractivity contribution < 1.29 is 29.0 Å². The van der Waals surface area contributed by atoms with Crippen molar-refractivity contribution >= 4 is 63.6 Å². The molecule has 0 saturated heterocycles. The van der Waals surface area contributed by atoms with Crippen LogP contribution in [0.2, 0.25) is 5.02 Å². The van der Waals surface area contributed by atoms with E-state index in [1.54, 1.807) is 39.0 Å². The Balaban J connectivity index is 1.85. The fourth-order valence-corrected chi connectivity index (χ4v) is 4.53. The first-order chi connectivity index (χ1) is 19.3. The van der Waals surface area contributed by atoms with Gasteiger partial charge in [-0.3, -0.25) is 19.2 Å². The number of fused-ring (bicyclic) bond motifs is 1. The van der Waals surface area contributed by atoms with Gasteiger partial charge in [-0.15, -0.1) is 5.10 Å². The third-order valence-corrected chi connectivity index (χ3v) is 6.88. The van der Waals surface area contributed by atoms with E-state index in [1.165, 1.54) is 38.4 Å². The Morgan fingerprint density at radius 2 is 1.95 bits per heavy atom. The number of amides is 2. The zero-order chi connectivity index (χ0) is 30.2. The van der Waals surface area contributed by atoms with E-state index >= 15 is 0 Å². The number of nitrogens with one attached hydrogen (secondary N) is 2. The van der Waals surface area contributed by atoms with E-state index in [0.717, 1.165) is 4.68 Å². The highest BCUT2D eigenvalue weighted by atomic mass is 35.5. The molecule has 1 atom stereocenters. The van der Waals surface area contributed by atoms with E-state index in [0.29, 0.717) is 10.9 Å². The molecule has 0 aliphatic carbocycles. The number of aromatic nitrogens is 3. The van der Waals surface area contributed by atoms with Crippen molar-refractivity contribution in [3.05, 3.63) is 46.7 Å². The van der Waals surface area contributed by atoms with E-state index in [2.05, 4.69) is 25.8 Å². The van der Waals surface area contributed by atoms with Gasteiger partial charge in [0.2, 0.25) is 11.8 Å². The molecule has 3 heterocycles. The Kier molecular flexibility index (Phi) is 8.02. The van der Waals surface area contributed by atoms with Gasteiger partial charge in [-0.2, -0.15) is 9.78 Å². The van der Waals surface area contributed by atoms with Crippen molar-refractivity contribution in [3.8, 4) is 0 Å². The van der Waals surface area contributed by atoms with Crippen LogP contribution in [0.3, 0.4) is 0 Å². The lowest BCUT2D eigenvalue weighted by atomic mass is 9.92. The van der Waals surface area contributed by atoms with Crippen LogP contribution in [0.15, 0.2) is 35.7 Å². The van der Waals surface area contributed by atoms with Gasteiger partial charge < -0.3 is 20.5 Å². The van der Waals surface area contributed by atoms with Gasteiger partial charge in [0.05, 0.1) is 41.5 Å². The molecular formula is C27H30ClN7O6. The molecular weight excluding hydrogens is 554 g/mol. The fourth-order valence-electron chi connectivity index (χ4n) is 4.32. The predicted octanol–water partition coefficient (Wildman–Crippen LogP) is 3.46. The minimum atomic E-state index is -1.85. The average molecular weight is 584 g/mol. The third kappa shape index (κ3) is 5.44. The number of benzene rings is 1. The second kappa shape index (κ2) is 11.2. The molecule has 0 fully saturated rings. The first kappa shape index (κ1) is 29.5. The van der Waals surface area contributed by atoms with Gasteiger partial charge >= 0.3 is 5.97 Å². The maximum Gasteiger partial charge on any atom is 0.318 e. The number of ether oxygens (including phenoxy) is 1. The molecule has 2 aromatic heterocycles. The lowest BCUT2D eigenvalue weighted by Gasteiger charge is -2.24. The number of hydrogen-bond donors (Lipinski definition) is 3. The van der Waals surface area contributed by atoms with Crippen LogP contribution < -0.4 is 15.6 Å². The number of nitrogens with zero attached hydrogens (tertiary/aromatic N) is 5. The minimum Gasteiger partial charge on any atom is -0.483 e. The SMILES string of the molecule is COC1=NN(c2ncccc2Cl)C(C(=O)Nc2c(C)cc3cnn(C(=O)C(C)(C)C(=O)O)c3c2C(=O)NC(C)C)C1. The third-order valence-electron chi connectivity index (χ3n) is 6.58. The Bertz CT molecular complexity index is 1600. The zero-order valence-corrected chi connectivity index (χ0v) is 24.1. The van der Waals surface area contributed by atoms with Gasteiger partial charge in [0.25, 0.3) is 11.8 Å². The summed E-state index contributed by atoms with van der Waals surface area (Å²) in [6.45, 7) is 7.72. The normalized spacial score (nSPS) is 15.2. The molecule has 1 aliphatic rings. The summed E-state index contributed by atoms with van der Waals surface area (Å²) < 4.78 is 6.20. The number of aryl methyl sites for hydroxylation is 1. The highest BCUT2D eigenvalue weighted by molar-refractivity contribution is 6.33. The number of aliphatic carboxylic acids is 1. The van der Waals surface area contributed by atoms with Gasteiger partial charge in [0.1, 0.15) is 11.5 Å². The maximum absolute atomic E-state index is 13.8. The average Bonchev–Trinajstić information content (AvgIpc) is 3.52. The number of pyridine rings is 1. The Morgan fingerprint density at radius 1 is 1.24 bits per heavy atom. The molecule has 3 N–H and O–H groups in total. The molecule has 1 aromatic carbocycles. The molecule has 1 unspecified atom stereocenters. The standard InChI is InChI=1S/C27H30ClN7O6/c1-13(2)31-24(37)19-20(14(3)10-15-12-30-35(21(15)19)25(38)27(4,5)26(39)40)32-23(36)17-11-18(41-6)33-34(17)22-16(28)8-7-9-29-22/h7-10,12-13,17H,11H2,1-6H3,(H,31,37)(H,32,36)(H,39,40). The van der Waals surface area contributed by atoms with Crippen LogP contribution in [0.1, 0.15) is 54.8 Å². The van der Waals surface area contributed by atoms with Crippen LogP contribution in [0.5, 0.6) is 0 Å². The number of rotatable bonds is 7. The number of carbonyl (C=O) groups excluding carboxylic acids is 3. The molecule has 14 heteroatoms. The van der Waals surface area contributed by atoms with Crippen molar-refractivity contribution in [2.24, 2.45) is 10.5 Å². The van der Waals surface area contributed by atoms with Gasteiger partial charge in [-0.1, -0.05) is 11.6 Å². The number of carboxylic acids is 1. The Morgan fingerprint density at radius 3 is 2.56 bits per heavy atom. The quantitative estimate of drug-likeness (QED) is 0.353. The fraction of sp³-hybridized carbons (Fsp3) is 0.370. The molecule has 3 aromatic rings. The van der Waals surface area contributed by atoms with Crippen LogP contribution in [-0.2, 0) is 14.3 Å². The maximum atomic E-state index is 13.8. The van der Waals surface area contributed by atoms with E-state index in [4.69, 9.17) is 16.3 Å². The van der Waals surface area contributed by atoms with Crippen molar-refractivity contribution in [1.29, 1.82) is 0 Å². The van der Waals surface area contributed by atoms with Crippen molar-refractivity contribution in [2.75, 3.05) is 17.4 Å². The van der Waals surface area contributed by atoms with Crippen molar-refractivity contribution in [1.82, 2.24) is 20.1 Å². The molecule has 216 valence electrons. The molecule has 0 saturated carbocycles. The first-order valence-electron chi connectivity index (χ1n) is 12.7. The lowest BCUT2D eigenvalue weighted by molar-refractivity contribution is -0.144. The number of halogens is 1. The summed E-state index contributed by atoms with van der Waals surface area (Å²) in [6, 6.07) is 3.68. The molecule has 0 spiro atoms. The summed E-state index contributed by atoms with van der Waals surface area (Å²) in [6.07, 6.45) is 2.98. The van der Waals surface area contributed by atoms with Crippen molar-refractivity contribution in [2.45, 2.75) is 53.1 Å². The van der Waals surface area contributed by atoms with E-state index in [-0.39, 0.29) is 46.0 Å². The van der Waals surface area contributed by atoms with Gasteiger partial charge in [0, 0.05) is 17.6 Å². The smallest absolute Gasteiger partial charge is 0.318 e. The van der Waals surface area contributed by atoms with Crippen LogP contribution >= 0.6 is 11.6 Å². The second-order valence-corrected chi connectivity index (χ2v) is 10.8. The molecule has 13 nitrogen and oxygen atoms in total. The highest BCUT2D eigenvalue weighted by Crippen LogP contribution is 2.34. The highest BCUT2D eigenvalue weighted by Gasteiger charge is 2.40. The van der Waals surface area contributed by atoms with Crippen LogP contribution in [0.4, 0.5) is 11.5 Å². The number of anilines is 2. The number of carboxylic acid groups (broad SMARTS) is 1. The number of hydrogen-bond acceptors (Lipinski definition) is 9. The molecule has 1 aliphatic heterocycles. The van der Waals surface area contributed by atoms with Crippen LogP contribution in [0, 0.1) is 12.3 Å². The van der Waals surface area contributed by atoms with Gasteiger partial charge in [0.15, 0.2) is 5.82 Å². The van der Waals surface area contributed by atoms with E-state index < -0.39 is 35.1 Å². The number of methoxy groups -OCH3 is 1. The van der Waals surface area contributed by atoms with E-state index in [9.17, 15) is 24.3 Å². The number of carbonyl (C=O) groups is 4. The number of hydrazone groups is 1.